The van der Waals surface area contributed by atoms with Gasteiger partial charge in [0.2, 0.25) is 0 Å². The first-order valence-corrected chi connectivity index (χ1v) is 25.1. The Balaban J connectivity index is 1.32. The van der Waals surface area contributed by atoms with Crippen LogP contribution in [-0.2, 0) is 30.2 Å². The lowest BCUT2D eigenvalue weighted by atomic mass is 9.93. The first-order chi connectivity index (χ1) is 31.7. The molecule has 1 aliphatic carbocycles. The fourth-order valence-corrected chi connectivity index (χ4v) is 11.6. The number of aryl methyl sites for hydroxylation is 4. The van der Waals surface area contributed by atoms with Gasteiger partial charge < -0.3 is 13.9 Å². The largest absolute Gasteiger partial charge is 0.456 e. The zero-order valence-corrected chi connectivity index (χ0v) is 39.5. The van der Waals surface area contributed by atoms with Crippen molar-refractivity contribution in [1.29, 1.82) is 0 Å². The third-order valence-corrected chi connectivity index (χ3v) is 16.4. The minimum atomic E-state index is -7.49. The molecule has 358 valence electrons. The number of benzene rings is 6. The molecule has 2 aliphatic rings. The number of nitrogens with one attached hydrogen (secondary N) is 2. The van der Waals surface area contributed by atoms with Crippen molar-refractivity contribution in [1.82, 2.24) is 4.13 Å². The topological polar surface area (TPSA) is 161 Å². The second-order valence-corrected chi connectivity index (χ2v) is 21.4. The number of sulfonamides is 2. The molecule has 68 heavy (non-hydrogen) atoms. The molecule has 0 spiro atoms. The van der Waals surface area contributed by atoms with Crippen LogP contribution >= 0.6 is 0 Å². The number of anilines is 2. The number of rotatable bonds is 15. The number of halogens is 6. The first-order valence-electron chi connectivity index (χ1n) is 20.7. The maximum absolute atomic E-state index is 15.6. The van der Waals surface area contributed by atoms with Gasteiger partial charge in [-0.25, -0.2) is 21.8 Å². The van der Waals surface area contributed by atoms with Crippen molar-refractivity contribution in [2.24, 2.45) is 4.99 Å². The molecule has 0 saturated heterocycles. The summed E-state index contributed by atoms with van der Waals surface area (Å²) in [4.78, 5) is 3.71. The highest BCUT2D eigenvalue weighted by Crippen LogP contribution is 2.52. The zero-order chi connectivity index (χ0) is 49.8. The van der Waals surface area contributed by atoms with E-state index in [1.165, 1.54) is 30.3 Å². The lowest BCUT2D eigenvalue weighted by Crippen LogP contribution is -2.63. The second kappa shape index (κ2) is 18.0. The number of nitrogens with zero attached hydrogens (tertiary/aromatic N) is 1. The molecule has 0 aromatic heterocycles. The van der Waals surface area contributed by atoms with Gasteiger partial charge in [0.25, 0.3) is 20.0 Å². The van der Waals surface area contributed by atoms with Crippen LogP contribution in [0.4, 0.5) is 43.4 Å². The van der Waals surface area contributed by atoms with Crippen LogP contribution in [0.25, 0.3) is 33.4 Å². The fraction of sp³-hybridized carbons (Fsp3) is 0.229. The molecule has 5 aromatic rings. The van der Waals surface area contributed by atoms with Crippen LogP contribution in [0.2, 0.25) is 0 Å². The van der Waals surface area contributed by atoms with Crippen molar-refractivity contribution < 1.29 is 60.2 Å². The van der Waals surface area contributed by atoms with E-state index in [9.17, 15) is 25.3 Å². The number of fused-ring (bicyclic) bond motifs is 2. The van der Waals surface area contributed by atoms with Crippen LogP contribution in [0.15, 0.2) is 136 Å². The number of hydrogen-bond donors (Lipinski definition) is 2. The molecule has 0 bridgehead atoms. The van der Waals surface area contributed by atoms with Crippen LogP contribution in [0.1, 0.15) is 54.0 Å². The van der Waals surface area contributed by atoms with E-state index in [-0.39, 0.29) is 39.3 Å². The molecule has 0 saturated carbocycles. The van der Waals surface area contributed by atoms with E-state index < -0.39 is 57.2 Å². The van der Waals surface area contributed by atoms with Gasteiger partial charge >= 0.3 is 26.5 Å². The molecule has 11 nitrogen and oxygen atoms in total. The lowest BCUT2D eigenvalue weighted by Gasteiger charge is -2.31. The van der Waals surface area contributed by atoms with Gasteiger partial charge in [-0.05, 0) is 110 Å². The predicted molar refractivity (Wildman–Crippen MR) is 247 cm³/mol. The van der Waals surface area contributed by atoms with Gasteiger partial charge in [-0.3, -0.25) is 0 Å². The van der Waals surface area contributed by atoms with Crippen molar-refractivity contribution in [3.63, 3.8) is 0 Å². The standard InChI is InChI=1S/C48H43F6N3O8S3/c1-7-28(2)33-18-22-36(23-19-33)65-68(62,63)48(53,54)46(49,50)47(51,52)67(60,61)57-66(58,59)42-17-9-8-16-39(42)43-37-24-20-34(55-44-29(3)12-10-13-30(44)4)26-40(37)64-41-27-35(21-25-38(41)43)56-45-31(5)14-11-15-32(45)6/h8-28,55,57H,7H2,1-6H3/b56-35+. The maximum atomic E-state index is 15.6. The van der Waals surface area contributed by atoms with Crippen molar-refractivity contribution in [2.75, 3.05) is 5.32 Å². The van der Waals surface area contributed by atoms with E-state index in [1.807, 2.05) is 64.1 Å². The third kappa shape index (κ3) is 8.97. The SMILES string of the molecule is CCC(C)c1ccc(OS(=O)(=O)C(F)(F)C(F)(F)C(F)(F)S(=O)(=O)NS(=O)(=O)c2ccccc2-c2c3cc/c(=N\c4c(C)cccc4C)cc-3oc3cc(Nc4c(C)cccc4C)ccc23)cc1. The molecule has 1 atom stereocenters. The molecule has 1 heterocycles. The molecule has 0 amide bonds. The quantitative estimate of drug-likeness (QED) is 0.0578. The molecule has 7 rings (SSSR count). The molecular formula is C48H43F6N3O8S3. The van der Waals surface area contributed by atoms with E-state index in [0.29, 0.717) is 32.8 Å². The minimum absolute atomic E-state index is 0.0286. The Morgan fingerprint density at radius 2 is 1.28 bits per heavy atom. The van der Waals surface area contributed by atoms with Gasteiger partial charge in [0, 0.05) is 45.6 Å². The van der Waals surface area contributed by atoms with Gasteiger partial charge in [-0.1, -0.05) is 84.7 Å². The smallest absolute Gasteiger partial charge is 0.450 e. The highest BCUT2D eigenvalue weighted by atomic mass is 32.3. The van der Waals surface area contributed by atoms with Crippen LogP contribution in [0.3, 0.4) is 0 Å². The van der Waals surface area contributed by atoms with Crippen LogP contribution in [-0.4, -0.2) is 41.7 Å². The Morgan fingerprint density at radius 3 is 1.90 bits per heavy atom. The van der Waals surface area contributed by atoms with Gasteiger partial charge in [0.1, 0.15) is 17.1 Å². The van der Waals surface area contributed by atoms with Crippen molar-refractivity contribution in [3.05, 3.63) is 155 Å². The molecular weight excluding hydrogens is 957 g/mol. The lowest BCUT2D eigenvalue weighted by molar-refractivity contribution is -0.245. The van der Waals surface area contributed by atoms with E-state index in [1.54, 1.807) is 44.2 Å². The second-order valence-electron chi connectivity index (χ2n) is 16.2. The average Bonchev–Trinajstić information content (AvgIpc) is 3.27. The maximum Gasteiger partial charge on any atom is 0.450 e. The summed E-state index contributed by atoms with van der Waals surface area (Å²) < 4.78 is 183. The Kier molecular flexibility index (Phi) is 13.2. The zero-order valence-electron chi connectivity index (χ0n) is 37.0. The van der Waals surface area contributed by atoms with Gasteiger partial charge in [0.15, 0.2) is 0 Å². The van der Waals surface area contributed by atoms with Crippen LogP contribution in [0, 0.1) is 27.7 Å². The third-order valence-electron chi connectivity index (χ3n) is 11.5. The summed E-state index contributed by atoms with van der Waals surface area (Å²) in [7, 11) is -20.6. The molecule has 2 N–H and O–H groups in total. The van der Waals surface area contributed by atoms with Crippen molar-refractivity contribution >= 4 is 58.2 Å². The summed E-state index contributed by atoms with van der Waals surface area (Å²) >= 11 is 0. The fourth-order valence-electron chi connectivity index (χ4n) is 7.49. The summed E-state index contributed by atoms with van der Waals surface area (Å²) in [5.41, 5.74) is 6.03. The number of alkyl halides is 6. The highest BCUT2D eigenvalue weighted by Gasteiger charge is 2.83. The Bertz CT molecular complexity index is 3430. The molecule has 0 fully saturated rings. The van der Waals surface area contributed by atoms with E-state index >= 15 is 26.3 Å². The Morgan fingerprint density at radius 1 is 0.676 bits per heavy atom. The summed E-state index contributed by atoms with van der Waals surface area (Å²) in [6.07, 6.45) is 0.596. The molecule has 20 heteroatoms. The molecule has 1 unspecified atom stereocenters. The Hall–Kier alpha value is -6.22. The van der Waals surface area contributed by atoms with Crippen LogP contribution < -0.4 is 19.0 Å². The molecule has 5 aromatic carbocycles. The summed E-state index contributed by atoms with van der Waals surface area (Å²) in [6, 6.07) is 29.1. The van der Waals surface area contributed by atoms with Gasteiger partial charge in [0.05, 0.1) is 15.9 Å². The van der Waals surface area contributed by atoms with Gasteiger partial charge in [-0.2, -0.15) is 34.8 Å². The summed E-state index contributed by atoms with van der Waals surface area (Å²) in [5.74, 6) is -8.32. The van der Waals surface area contributed by atoms with E-state index in [2.05, 4.69) is 9.50 Å². The van der Waals surface area contributed by atoms with Gasteiger partial charge in [-0.15, -0.1) is 0 Å². The minimum Gasteiger partial charge on any atom is -0.456 e. The van der Waals surface area contributed by atoms with E-state index in [4.69, 9.17) is 9.41 Å². The van der Waals surface area contributed by atoms with Crippen molar-refractivity contribution in [3.8, 4) is 28.2 Å². The monoisotopic (exact) mass is 999 g/mol. The number of para-hydroxylation sites is 2. The molecule has 0 radical (unpaired) electrons. The van der Waals surface area contributed by atoms with Crippen LogP contribution in [0.5, 0.6) is 5.75 Å². The van der Waals surface area contributed by atoms with Crippen molar-refractivity contribution in [2.45, 2.75) is 75.2 Å². The number of hydrogen-bond acceptors (Lipinski definition) is 10. The normalized spacial score (nSPS) is 13.8. The van der Waals surface area contributed by atoms with E-state index in [0.717, 1.165) is 52.2 Å². The summed E-state index contributed by atoms with van der Waals surface area (Å²) in [5, 5.41) is -10.1. The Labute approximate surface area is 389 Å². The molecule has 1 aliphatic heterocycles. The average molecular weight is 1000 g/mol. The predicted octanol–water partition coefficient (Wildman–Crippen LogP) is 11.8. The highest BCUT2D eigenvalue weighted by molar-refractivity contribution is 8.05. The summed E-state index contributed by atoms with van der Waals surface area (Å²) in [6.45, 7) is 11.1. The first kappa shape index (κ1) is 49.7.